The monoisotopic (exact) mass is 317 g/mol. The molecule has 2 rings (SSSR count). The van der Waals surface area contributed by atoms with Gasteiger partial charge in [-0.05, 0) is 66.4 Å². The second-order valence-electron chi connectivity index (χ2n) is 8.19. The van der Waals surface area contributed by atoms with E-state index in [1.807, 2.05) is 0 Å². The highest BCUT2D eigenvalue weighted by molar-refractivity contribution is 6.62. The first-order valence-corrected chi connectivity index (χ1v) is 8.74. The maximum atomic E-state index is 6.11. The third kappa shape index (κ3) is 3.99. The number of benzene rings is 1. The molecule has 0 amide bonds. The highest BCUT2D eigenvalue weighted by atomic mass is 16.7. The second kappa shape index (κ2) is 6.58. The smallest absolute Gasteiger partial charge is 0.399 e. The van der Waals surface area contributed by atoms with Crippen molar-refractivity contribution in [1.82, 2.24) is 4.90 Å². The lowest BCUT2D eigenvalue weighted by Crippen LogP contribution is -2.41. The van der Waals surface area contributed by atoms with E-state index in [-0.39, 0.29) is 18.3 Å². The average Bonchev–Trinajstić information content (AvgIpc) is 2.64. The van der Waals surface area contributed by atoms with E-state index < -0.39 is 0 Å². The molecule has 0 unspecified atom stereocenters. The minimum absolute atomic E-state index is 0.277. The molecule has 128 valence electrons. The van der Waals surface area contributed by atoms with Crippen LogP contribution < -0.4 is 5.46 Å². The Morgan fingerprint density at radius 2 is 1.30 bits per heavy atom. The Kier molecular flexibility index (Phi) is 5.29. The van der Waals surface area contributed by atoms with Crippen LogP contribution in [0.3, 0.4) is 0 Å². The summed E-state index contributed by atoms with van der Waals surface area (Å²) in [6, 6.07) is 9.73. The van der Waals surface area contributed by atoms with Gasteiger partial charge in [-0.2, -0.15) is 0 Å². The molecule has 1 aromatic rings. The maximum absolute atomic E-state index is 6.11. The van der Waals surface area contributed by atoms with Gasteiger partial charge < -0.3 is 9.31 Å². The Morgan fingerprint density at radius 1 is 0.870 bits per heavy atom. The number of hydrogen-bond acceptors (Lipinski definition) is 3. The van der Waals surface area contributed by atoms with Crippen LogP contribution in [0.4, 0.5) is 0 Å². The van der Waals surface area contributed by atoms with Gasteiger partial charge >= 0.3 is 7.12 Å². The minimum atomic E-state index is -0.289. The molecule has 4 heteroatoms. The van der Waals surface area contributed by atoms with Gasteiger partial charge in [0.15, 0.2) is 0 Å². The first-order valence-electron chi connectivity index (χ1n) is 8.74. The predicted molar refractivity (Wildman–Crippen MR) is 98.0 cm³/mol. The molecular weight excluding hydrogens is 285 g/mol. The molecule has 0 N–H and O–H groups in total. The molecule has 1 aromatic carbocycles. The van der Waals surface area contributed by atoms with Gasteiger partial charge in [-0.1, -0.05) is 24.3 Å². The van der Waals surface area contributed by atoms with Crippen LogP contribution in [0.15, 0.2) is 24.3 Å². The summed E-state index contributed by atoms with van der Waals surface area (Å²) in [7, 11) is -0.277. The molecule has 1 heterocycles. The Morgan fingerprint density at radius 3 is 1.70 bits per heavy atom. The van der Waals surface area contributed by atoms with Crippen molar-refractivity contribution in [2.75, 3.05) is 0 Å². The third-order valence-corrected chi connectivity index (χ3v) is 5.20. The summed E-state index contributed by atoms with van der Waals surface area (Å²) in [6.45, 7) is 18.3. The van der Waals surface area contributed by atoms with E-state index >= 15 is 0 Å². The van der Waals surface area contributed by atoms with E-state index in [0.29, 0.717) is 12.1 Å². The van der Waals surface area contributed by atoms with Gasteiger partial charge in [-0.3, -0.25) is 4.90 Å². The van der Waals surface area contributed by atoms with Crippen LogP contribution >= 0.6 is 0 Å². The minimum Gasteiger partial charge on any atom is -0.399 e. The van der Waals surface area contributed by atoms with Gasteiger partial charge in [0.25, 0.3) is 0 Å². The van der Waals surface area contributed by atoms with Crippen LogP contribution in [0.2, 0.25) is 0 Å². The summed E-state index contributed by atoms with van der Waals surface area (Å²) in [5, 5.41) is 0. The topological polar surface area (TPSA) is 21.7 Å². The first kappa shape index (κ1) is 18.5. The lowest BCUT2D eigenvalue weighted by Gasteiger charge is -2.32. The van der Waals surface area contributed by atoms with Crippen LogP contribution in [0.1, 0.15) is 61.0 Å². The second-order valence-corrected chi connectivity index (χ2v) is 8.19. The van der Waals surface area contributed by atoms with Gasteiger partial charge in [0.1, 0.15) is 0 Å². The molecule has 3 nitrogen and oxygen atoms in total. The summed E-state index contributed by atoms with van der Waals surface area (Å²) >= 11 is 0. The molecule has 0 bridgehead atoms. The number of hydrogen-bond donors (Lipinski definition) is 0. The Balaban J connectivity index is 2.09. The lowest BCUT2D eigenvalue weighted by molar-refractivity contribution is 0.00578. The molecule has 0 radical (unpaired) electrons. The Hall–Kier alpha value is -0.835. The van der Waals surface area contributed by atoms with Gasteiger partial charge in [0.2, 0.25) is 0 Å². The lowest BCUT2D eigenvalue weighted by atomic mass is 9.79. The average molecular weight is 317 g/mol. The normalized spacial score (nSPS) is 20.0. The first-order chi connectivity index (χ1) is 10.5. The molecule has 0 aromatic heterocycles. The molecule has 23 heavy (non-hydrogen) atoms. The Labute approximate surface area is 142 Å². The summed E-state index contributed by atoms with van der Waals surface area (Å²) in [5.74, 6) is 0. The fraction of sp³-hybridized carbons (Fsp3) is 0.684. The summed E-state index contributed by atoms with van der Waals surface area (Å²) in [6.07, 6.45) is 0. The standard InChI is InChI=1S/C19H32BNO2/c1-14(2)21(15(3)4)13-16-9-11-17(12-10-16)20-22-18(5,6)19(7,8)23-20/h9-12,14-15H,13H2,1-8H3. The van der Waals surface area contributed by atoms with Crippen LogP contribution in [0, 0.1) is 0 Å². The van der Waals surface area contributed by atoms with E-state index in [0.717, 1.165) is 12.0 Å². The predicted octanol–water partition coefficient (Wildman–Crippen LogP) is 3.60. The van der Waals surface area contributed by atoms with Gasteiger partial charge in [0.05, 0.1) is 11.2 Å². The molecule has 0 saturated carbocycles. The zero-order chi connectivity index (χ0) is 17.4. The van der Waals surface area contributed by atoms with E-state index in [1.165, 1.54) is 5.56 Å². The summed E-state index contributed by atoms with van der Waals surface area (Å²) < 4.78 is 12.2. The molecule has 0 spiro atoms. The van der Waals surface area contributed by atoms with Crippen molar-refractivity contribution in [3.05, 3.63) is 29.8 Å². The van der Waals surface area contributed by atoms with E-state index in [2.05, 4.69) is 84.6 Å². The van der Waals surface area contributed by atoms with Crippen molar-refractivity contribution < 1.29 is 9.31 Å². The van der Waals surface area contributed by atoms with E-state index in [4.69, 9.17) is 9.31 Å². The zero-order valence-corrected chi connectivity index (χ0v) is 16.0. The van der Waals surface area contributed by atoms with Gasteiger partial charge in [0, 0.05) is 18.6 Å². The molecule has 1 saturated heterocycles. The van der Waals surface area contributed by atoms with Crippen molar-refractivity contribution in [1.29, 1.82) is 0 Å². The van der Waals surface area contributed by atoms with E-state index in [9.17, 15) is 0 Å². The fourth-order valence-corrected chi connectivity index (χ4v) is 2.93. The fourth-order valence-electron chi connectivity index (χ4n) is 2.93. The van der Waals surface area contributed by atoms with Crippen LogP contribution in [0.25, 0.3) is 0 Å². The van der Waals surface area contributed by atoms with Crippen molar-refractivity contribution in [3.8, 4) is 0 Å². The number of rotatable bonds is 5. The molecule has 1 aliphatic rings. The van der Waals surface area contributed by atoms with Crippen LogP contribution in [0.5, 0.6) is 0 Å². The van der Waals surface area contributed by atoms with Crippen molar-refractivity contribution >= 4 is 12.6 Å². The molecule has 1 aliphatic heterocycles. The van der Waals surface area contributed by atoms with Gasteiger partial charge in [-0.25, -0.2) is 0 Å². The third-order valence-electron chi connectivity index (χ3n) is 5.20. The molecule has 1 fully saturated rings. The Bertz CT molecular complexity index is 499. The highest BCUT2D eigenvalue weighted by Crippen LogP contribution is 2.36. The summed E-state index contributed by atoms with van der Waals surface area (Å²) in [4.78, 5) is 2.49. The van der Waals surface area contributed by atoms with Crippen LogP contribution in [-0.2, 0) is 15.9 Å². The zero-order valence-electron chi connectivity index (χ0n) is 16.0. The van der Waals surface area contributed by atoms with Crippen molar-refractivity contribution in [3.63, 3.8) is 0 Å². The maximum Gasteiger partial charge on any atom is 0.494 e. The quantitative estimate of drug-likeness (QED) is 0.775. The number of nitrogens with zero attached hydrogens (tertiary/aromatic N) is 1. The van der Waals surface area contributed by atoms with Crippen molar-refractivity contribution in [2.45, 2.75) is 85.2 Å². The molecular formula is C19H32BNO2. The molecule has 0 atom stereocenters. The highest BCUT2D eigenvalue weighted by Gasteiger charge is 2.51. The van der Waals surface area contributed by atoms with Crippen molar-refractivity contribution in [2.24, 2.45) is 0 Å². The largest absolute Gasteiger partial charge is 0.494 e. The van der Waals surface area contributed by atoms with E-state index in [1.54, 1.807) is 0 Å². The SMILES string of the molecule is CC(C)N(Cc1ccc(B2OC(C)(C)C(C)(C)O2)cc1)C(C)C. The summed E-state index contributed by atoms with van der Waals surface area (Å²) in [5.41, 5.74) is 1.84. The molecule has 0 aliphatic carbocycles. The van der Waals surface area contributed by atoms with Crippen LogP contribution in [-0.4, -0.2) is 35.3 Å². The van der Waals surface area contributed by atoms with Gasteiger partial charge in [-0.15, -0.1) is 0 Å².